The van der Waals surface area contributed by atoms with Gasteiger partial charge in [0, 0.05) is 48.9 Å². The van der Waals surface area contributed by atoms with Crippen molar-refractivity contribution in [2.45, 2.75) is 68.0 Å². The van der Waals surface area contributed by atoms with Crippen LogP contribution in [0.25, 0.3) is 55.6 Å². The summed E-state index contributed by atoms with van der Waals surface area (Å²) in [6.45, 7) is 6.54. The zero-order valence-electron chi connectivity index (χ0n) is 39.0. The second kappa shape index (κ2) is 15.8. The minimum absolute atomic E-state index is 0. The Morgan fingerprint density at radius 3 is 2.27 bits per heavy atom. The molecule has 7 aromatic rings. The SMILES string of the molecule is [2H]C([2H])(c1ccc(-c2[c-]cccc2)nc1)C(C)(C)C.[2H]c1cc(CC(C)(C)C)cc(C([2H])([2H])[2H])c1-c1cc(-c2[c-]ccc3c2oc2cc(C#N)ccc23)ncc1C([2H])([2H])[2H].[Ir]. The topological polar surface area (TPSA) is 62.7 Å². The van der Waals surface area contributed by atoms with Gasteiger partial charge in [-0.2, -0.15) is 5.26 Å². The van der Waals surface area contributed by atoms with Gasteiger partial charge in [0.15, 0.2) is 0 Å². The van der Waals surface area contributed by atoms with Gasteiger partial charge in [0.1, 0.15) is 5.58 Å². The third-order valence-electron chi connectivity index (χ3n) is 7.99. The van der Waals surface area contributed by atoms with E-state index in [0.717, 1.165) is 22.0 Å². The van der Waals surface area contributed by atoms with Gasteiger partial charge in [-0.15, -0.1) is 54.1 Å². The summed E-state index contributed by atoms with van der Waals surface area (Å²) in [6, 6.07) is 32.9. The van der Waals surface area contributed by atoms with Gasteiger partial charge in [0.05, 0.1) is 18.6 Å². The van der Waals surface area contributed by atoms with E-state index in [4.69, 9.17) is 16.8 Å². The molecule has 0 aliphatic rings. The largest absolute Gasteiger partial charge is 0.501 e. The molecular weight excluding hydrogens is 815 g/mol. The van der Waals surface area contributed by atoms with E-state index in [9.17, 15) is 5.26 Å². The number of fused-ring (bicyclic) bond motifs is 3. The summed E-state index contributed by atoms with van der Waals surface area (Å²) in [5.41, 5.74) is 4.48. The third kappa shape index (κ3) is 9.12. The Labute approximate surface area is 335 Å². The maximum Gasteiger partial charge on any atom is 0.122 e. The number of hydrogen-bond donors (Lipinski definition) is 0. The standard InChI is InChI=1S/C31H27N2O.C16H18N.Ir/c1-19-13-21(16-31(3,4)5)9-11-23(19)27-15-28(33-18-20(27)2)26-8-6-7-25-24-12-10-22(17-32)14-29(24)34-30(25)26;1-16(2,3)11-13-9-10-15(17-12-13)14-7-5-4-6-8-14;/h6-7,9-15,18H,16H2,1-5H3;4-7,9-10,12H,11H2,1-3H3;/q2*-1;/i1D3,2D3,11D;11D2;. The number of pyridine rings is 2. The van der Waals surface area contributed by atoms with Crippen molar-refractivity contribution >= 4 is 21.9 Å². The summed E-state index contributed by atoms with van der Waals surface area (Å²) in [6.07, 6.45) is 1.99. The molecule has 7 rings (SSSR count). The number of nitriles is 1. The summed E-state index contributed by atoms with van der Waals surface area (Å²) >= 11 is 0. The van der Waals surface area contributed by atoms with Gasteiger partial charge in [0.25, 0.3) is 0 Å². The first kappa shape index (κ1) is 27.7. The summed E-state index contributed by atoms with van der Waals surface area (Å²) in [4.78, 5) is 8.80. The Balaban J connectivity index is 0.000000295. The molecule has 0 unspecified atom stereocenters. The molecule has 265 valence electrons. The van der Waals surface area contributed by atoms with Crippen molar-refractivity contribution in [2.24, 2.45) is 10.8 Å². The van der Waals surface area contributed by atoms with Gasteiger partial charge < -0.3 is 14.4 Å². The fourth-order valence-electron chi connectivity index (χ4n) is 5.89. The molecule has 1 radical (unpaired) electrons. The van der Waals surface area contributed by atoms with E-state index in [2.05, 4.69) is 28.2 Å². The van der Waals surface area contributed by atoms with Gasteiger partial charge in [0.2, 0.25) is 0 Å². The third-order valence-corrected chi connectivity index (χ3v) is 7.99. The molecule has 52 heavy (non-hydrogen) atoms. The maximum absolute atomic E-state index is 9.30. The quantitative estimate of drug-likeness (QED) is 0.162. The summed E-state index contributed by atoms with van der Waals surface area (Å²) in [5, 5.41) is 10.9. The second-order valence-electron chi connectivity index (χ2n) is 14.8. The van der Waals surface area contributed by atoms with Gasteiger partial charge in [-0.3, -0.25) is 0 Å². The molecule has 3 heterocycles. The smallest absolute Gasteiger partial charge is 0.122 e. The summed E-state index contributed by atoms with van der Waals surface area (Å²) in [5.74, 6) is 0. The van der Waals surface area contributed by atoms with Crippen molar-refractivity contribution in [1.29, 1.82) is 5.26 Å². The van der Waals surface area contributed by atoms with Crippen LogP contribution in [0.2, 0.25) is 0 Å². The molecule has 0 atom stereocenters. The van der Waals surface area contributed by atoms with Crippen LogP contribution in [0.1, 0.15) is 81.7 Å². The average Bonchev–Trinajstić information content (AvgIpc) is 3.54. The molecule has 0 fully saturated rings. The van der Waals surface area contributed by atoms with Gasteiger partial charge in [-0.25, -0.2) is 0 Å². The molecule has 0 amide bonds. The zero-order valence-corrected chi connectivity index (χ0v) is 32.4. The molecule has 0 bridgehead atoms. The number of nitrogens with zero attached hydrogens (tertiary/aromatic N) is 3. The van der Waals surface area contributed by atoms with Crippen molar-refractivity contribution in [3.63, 3.8) is 0 Å². The monoisotopic (exact) mass is 869 g/mol. The molecule has 4 nitrogen and oxygen atoms in total. The van der Waals surface area contributed by atoms with Crippen LogP contribution in [0.4, 0.5) is 0 Å². The molecule has 3 aromatic heterocycles. The van der Waals surface area contributed by atoms with Gasteiger partial charge >= 0.3 is 0 Å². The summed E-state index contributed by atoms with van der Waals surface area (Å²) in [7, 11) is 0. The van der Waals surface area contributed by atoms with E-state index in [1.165, 1.54) is 12.3 Å². The number of benzene rings is 4. The minimum atomic E-state index is -2.62. The second-order valence-corrected chi connectivity index (χ2v) is 14.8. The van der Waals surface area contributed by atoms with E-state index in [0.29, 0.717) is 45.5 Å². The van der Waals surface area contributed by atoms with Gasteiger partial charge in [-0.05, 0) is 94.2 Å². The van der Waals surface area contributed by atoms with Crippen molar-refractivity contribution in [2.75, 3.05) is 0 Å². The Hall–Kier alpha value is -4.88. The maximum atomic E-state index is 9.30. The van der Waals surface area contributed by atoms with Crippen LogP contribution in [0.5, 0.6) is 0 Å². The molecule has 0 saturated heterocycles. The average molecular weight is 869 g/mol. The molecule has 5 heteroatoms. The first-order valence-corrected chi connectivity index (χ1v) is 16.7. The van der Waals surface area contributed by atoms with E-state index < -0.39 is 25.5 Å². The Morgan fingerprint density at radius 2 is 1.60 bits per heavy atom. The fraction of sp³-hybridized carbons (Fsp3) is 0.255. The van der Waals surface area contributed by atoms with Crippen LogP contribution in [0.15, 0.2) is 108 Å². The predicted molar refractivity (Wildman–Crippen MR) is 210 cm³/mol. The molecule has 0 N–H and O–H groups in total. The zero-order chi connectivity index (χ0) is 44.0. The molecule has 4 aromatic carbocycles. The Morgan fingerprint density at radius 1 is 0.788 bits per heavy atom. The first-order chi connectivity index (χ1) is 27.9. The molecule has 0 aliphatic heterocycles. The predicted octanol–water partition coefficient (Wildman–Crippen LogP) is 12.3. The molecular formula is C47H45IrN3O-2. The molecule has 0 spiro atoms. The first-order valence-electron chi connectivity index (χ1n) is 21.2. The van der Waals surface area contributed by atoms with Gasteiger partial charge in [-0.1, -0.05) is 94.9 Å². The molecule has 0 saturated carbocycles. The summed E-state index contributed by atoms with van der Waals surface area (Å²) < 4.78 is 80.8. The number of furan rings is 1. The van der Waals surface area contributed by atoms with Crippen LogP contribution in [0.3, 0.4) is 0 Å². The van der Waals surface area contributed by atoms with Crippen molar-refractivity contribution < 1.29 is 36.9 Å². The Kier molecular flexibility index (Phi) is 8.42. The Bertz CT molecular complexity index is 2720. The van der Waals surface area contributed by atoms with Crippen LogP contribution in [-0.2, 0) is 32.9 Å². The van der Waals surface area contributed by atoms with Crippen LogP contribution < -0.4 is 0 Å². The number of aromatic nitrogens is 2. The normalized spacial score (nSPS) is 14.8. The van der Waals surface area contributed by atoms with Crippen molar-refractivity contribution in [3.8, 4) is 39.7 Å². The van der Waals surface area contributed by atoms with Crippen molar-refractivity contribution in [3.05, 3.63) is 143 Å². The van der Waals surface area contributed by atoms with Crippen LogP contribution >= 0.6 is 0 Å². The van der Waals surface area contributed by atoms with Crippen molar-refractivity contribution in [1.82, 2.24) is 9.97 Å². The van der Waals surface area contributed by atoms with E-state index >= 15 is 0 Å². The van der Waals surface area contributed by atoms with Crippen LogP contribution in [-0.4, -0.2) is 9.97 Å². The fourth-order valence-corrected chi connectivity index (χ4v) is 5.89. The van der Waals surface area contributed by atoms with E-state index in [-0.39, 0.29) is 53.8 Å². The van der Waals surface area contributed by atoms with E-state index in [1.54, 1.807) is 42.6 Å². The molecule has 0 aliphatic carbocycles. The van der Waals surface area contributed by atoms with Crippen LogP contribution in [0, 0.1) is 48.0 Å². The minimum Gasteiger partial charge on any atom is -0.501 e. The number of aryl methyl sites for hydroxylation is 2. The van der Waals surface area contributed by atoms with E-state index in [1.807, 2.05) is 84.0 Å². The number of rotatable bonds is 5. The number of hydrogen-bond acceptors (Lipinski definition) is 4.